The Kier molecular flexibility index (Phi) is 7.37. The van der Waals surface area contributed by atoms with Gasteiger partial charge in [-0.25, -0.2) is 8.42 Å². The first kappa shape index (κ1) is 20.7. The Balaban J connectivity index is 0.00000225. The van der Waals surface area contributed by atoms with Crippen molar-refractivity contribution < 1.29 is 17.9 Å². The van der Waals surface area contributed by atoms with Gasteiger partial charge in [0, 0.05) is 30.8 Å². The minimum atomic E-state index is -3.67. The Bertz CT molecular complexity index is 681. The van der Waals surface area contributed by atoms with E-state index >= 15 is 0 Å². The third-order valence-electron chi connectivity index (χ3n) is 4.41. The second-order valence-corrected chi connectivity index (χ2v) is 8.65. The van der Waals surface area contributed by atoms with Crippen LogP contribution in [-0.2, 0) is 14.8 Å². The molecule has 2 aliphatic heterocycles. The number of ether oxygens (including phenoxy) is 2. The molecule has 0 radical (unpaired) electrons. The summed E-state index contributed by atoms with van der Waals surface area (Å²) in [4.78, 5) is 0.0971. The molecule has 2 heterocycles. The Hall–Kier alpha value is -0.570. The van der Waals surface area contributed by atoms with Gasteiger partial charge >= 0.3 is 0 Å². The number of halogens is 2. The van der Waals surface area contributed by atoms with Gasteiger partial charge in [-0.3, -0.25) is 0 Å². The molecule has 6 nitrogen and oxygen atoms in total. The third kappa shape index (κ3) is 4.99. The van der Waals surface area contributed by atoms with Crippen LogP contribution >= 0.6 is 24.0 Å². The molecule has 0 aromatic heterocycles. The van der Waals surface area contributed by atoms with Crippen LogP contribution in [0.4, 0.5) is 0 Å². The molecule has 0 saturated carbocycles. The van der Waals surface area contributed by atoms with Gasteiger partial charge in [0.2, 0.25) is 10.0 Å². The fourth-order valence-corrected chi connectivity index (χ4v) is 4.94. The fourth-order valence-electron chi connectivity index (χ4n) is 3.04. The van der Waals surface area contributed by atoms with E-state index in [0.717, 1.165) is 25.9 Å². The maximum Gasteiger partial charge on any atom is 0.246 e. The molecule has 3 rings (SSSR count). The number of sulfonamides is 1. The van der Waals surface area contributed by atoms with Gasteiger partial charge in [0.1, 0.15) is 17.3 Å². The van der Waals surface area contributed by atoms with Crippen LogP contribution in [0.5, 0.6) is 5.75 Å². The lowest BCUT2D eigenvalue weighted by atomic mass is 10.1. The highest BCUT2D eigenvalue weighted by molar-refractivity contribution is 7.89. The van der Waals surface area contributed by atoms with E-state index in [1.165, 1.54) is 10.4 Å². The van der Waals surface area contributed by atoms with E-state index < -0.39 is 10.0 Å². The van der Waals surface area contributed by atoms with Crippen molar-refractivity contribution in [3.63, 3.8) is 0 Å². The molecule has 2 fully saturated rings. The van der Waals surface area contributed by atoms with Gasteiger partial charge in [-0.15, -0.1) is 12.4 Å². The molecule has 9 heteroatoms. The Labute approximate surface area is 160 Å². The topological polar surface area (TPSA) is 81.9 Å². The molecule has 1 aromatic rings. The lowest BCUT2D eigenvalue weighted by Gasteiger charge is -2.24. The van der Waals surface area contributed by atoms with Crippen LogP contribution in [0.3, 0.4) is 0 Å². The minimum absolute atomic E-state index is 0. The van der Waals surface area contributed by atoms with Crippen LogP contribution in [0.25, 0.3) is 0 Å². The van der Waals surface area contributed by atoms with Crippen molar-refractivity contribution in [2.75, 3.05) is 26.3 Å². The number of hydrogen-bond donors (Lipinski definition) is 1. The van der Waals surface area contributed by atoms with Gasteiger partial charge in [-0.05, 0) is 43.9 Å². The Morgan fingerprint density at radius 3 is 2.76 bits per heavy atom. The van der Waals surface area contributed by atoms with Crippen LogP contribution in [0, 0.1) is 0 Å². The van der Waals surface area contributed by atoms with E-state index in [1.54, 1.807) is 12.1 Å². The van der Waals surface area contributed by atoms with Gasteiger partial charge in [-0.1, -0.05) is 11.6 Å². The van der Waals surface area contributed by atoms with E-state index in [9.17, 15) is 8.42 Å². The van der Waals surface area contributed by atoms with Gasteiger partial charge < -0.3 is 15.2 Å². The summed E-state index contributed by atoms with van der Waals surface area (Å²) in [6, 6.07) is 4.55. The molecule has 25 heavy (non-hydrogen) atoms. The van der Waals surface area contributed by atoms with Crippen molar-refractivity contribution in [2.45, 2.75) is 42.7 Å². The smallest absolute Gasteiger partial charge is 0.246 e. The quantitative estimate of drug-likeness (QED) is 0.805. The monoisotopic (exact) mass is 410 g/mol. The lowest BCUT2D eigenvalue weighted by Crippen LogP contribution is -2.32. The molecule has 2 aliphatic rings. The normalized spacial score (nSPS) is 24.7. The maximum atomic E-state index is 12.9. The number of benzene rings is 1. The van der Waals surface area contributed by atoms with Crippen molar-refractivity contribution >= 4 is 34.0 Å². The maximum absolute atomic E-state index is 12.9. The third-order valence-corrected chi connectivity index (χ3v) is 6.53. The molecule has 2 atom stereocenters. The summed E-state index contributed by atoms with van der Waals surface area (Å²) in [5.74, 6) is 0.314. The van der Waals surface area contributed by atoms with E-state index in [0.29, 0.717) is 36.9 Å². The molecule has 142 valence electrons. The average Bonchev–Trinajstić information content (AvgIpc) is 3.02. The zero-order valence-corrected chi connectivity index (χ0v) is 16.3. The van der Waals surface area contributed by atoms with Crippen LogP contribution in [0.1, 0.15) is 25.7 Å². The number of nitrogens with two attached hydrogens (primary N) is 1. The molecule has 2 N–H and O–H groups in total. The highest BCUT2D eigenvalue weighted by atomic mass is 35.5. The molecule has 0 amide bonds. The largest absolute Gasteiger partial charge is 0.489 e. The van der Waals surface area contributed by atoms with Crippen LogP contribution in [0.15, 0.2) is 23.1 Å². The van der Waals surface area contributed by atoms with Crippen LogP contribution in [-0.4, -0.2) is 51.2 Å². The predicted octanol–water partition coefficient (Wildman–Crippen LogP) is 2.43. The second-order valence-electron chi connectivity index (χ2n) is 6.30. The van der Waals surface area contributed by atoms with Crippen molar-refractivity contribution in [1.29, 1.82) is 0 Å². The summed E-state index contributed by atoms with van der Waals surface area (Å²) >= 11 is 6.02. The summed E-state index contributed by atoms with van der Waals surface area (Å²) in [5, 5.41) is 0.360. The van der Waals surface area contributed by atoms with Gasteiger partial charge in [0.05, 0.1) is 6.10 Å². The van der Waals surface area contributed by atoms with Gasteiger partial charge in [0.15, 0.2) is 0 Å². The molecule has 0 aliphatic carbocycles. The van der Waals surface area contributed by atoms with E-state index in [1.807, 2.05) is 0 Å². The average molecular weight is 411 g/mol. The summed E-state index contributed by atoms with van der Waals surface area (Å²) in [6.45, 7) is 1.80. The minimum Gasteiger partial charge on any atom is -0.489 e. The standard InChI is InChI=1S/C16H23ClN2O4S.ClH/c17-12-4-5-15(23-11-14-3-1-2-8-22-14)16(9-12)24(20,21)19-7-6-13(18)10-19;/h4-5,9,13-14H,1-3,6-8,10-11,18H2;1H/t13-,14?;/m1./s1. The lowest BCUT2D eigenvalue weighted by molar-refractivity contribution is -0.0116. The highest BCUT2D eigenvalue weighted by Gasteiger charge is 2.33. The predicted molar refractivity (Wildman–Crippen MR) is 99.1 cm³/mol. The number of nitrogens with zero attached hydrogens (tertiary/aromatic N) is 1. The summed E-state index contributed by atoms with van der Waals surface area (Å²) < 4.78 is 38.6. The molecule has 2 saturated heterocycles. The molecular weight excluding hydrogens is 387 g/mol. The van der Waals surface area contributed by atoms with Crippen molar-refractivity contribution in [3.05, 3.63) is 23.2 Å². The first-order valence-electron chi connectivity index (χ1n) is 8.26. The van der Waals surface area contributed by atoms with Crippen LogP contribution in [0.2, 0.25) is 5.02 Å². The first-order valence-corrected chi connectivity index (χ1v) is 10.1. The summed E-state index contributed by atoms with van der Waals surface area (Å²) in [5.41, 5.74) is 5.84. The van der Waals surface area contributed by atoms with Crippen molar-refractivity contribution in [3.8, 4) is 5.75 Å². The highest BCUT2D eigenvalue weighted by Crippen LogP contribution is 2.31. The molecular formula is C16H24Cl2N2O4S. The zero-order valence-electron chi connectivity index (χ0n) is 13.9. The molecule has 1 aromatic carbocycles. The number of rotatable bonds is 5. The van der Waals surface area contributed by atoms with Gasteiger partial charge in [0.25, 0.3) is 0 Å². The Morgan fingerprint density at radius 1 is 1.32 bits per heavy atom. The number of hydrogen-bond acceptors (Lipinski definition) is 5. The van der Waals surface area contributed by atoms with E-state index in [-0.39, 0.29) is 29.4 Å². The van der Waals surface area contributed by atoms with E-state index in [2.05, 4.69) is 0 Å². The zero-order chi connectivity index (χ0) is 17.2. The van der Waals surface area contributed by atoms with Crippen LogP contribution < -0.4 is 10.5 Å². The SMILES string of the molecule is Cl.N[C@@H]1CCN(S(=O)(=O)c2cc(Cl)ccc2OCC2CCCCO2)C1. The van der Waals surface area contributed by atoms with Crippen molar-refractivity contribution in [2.24, 2.45) is 5.73 Å². The molecule has 0 spiro atoms. The second kappa shape index (κ2) is 8.88. The molecule has 1 unspecified atom stereocenters. The summed E-state index contributed by atoms with van der Waals surface area (Å²) in [7, 11) is -3.67. The molecule has 0 bridgehead atoms. The van der Waals surface area contributed by atoms with E-state index in [4.69, 9.17) is 26.8 Å². The first-order chi connectivity index (χ1) is 11.5. The van der Waals surface area contributed by atoms with Gasteiger partial charge in [-0.2, -0.15) is 4.31 Å². The Morgan fingerprint density at radius 2 is 2.12 bits per heavy atom. The van der Waals surface area contributed by atoms with Crippen molar-refractivity contribution in [1.82, 2.24) is 4.31 Å². The fraction of sp³-hybridized carbons (Fsp3) is 0.625. The summed E-state index contributed by atoms with van der Waals surface area (Å²) in [6.07, 6.45) is 3.76.